The minimum atomic E-state index is -0.241. The summed E-state index contributed by atoms with van der Waals surface area (Å²) in [5.41, 5.74) is 0.671. The van der Waals surface area contributed by atoms with Crippen molar-refractivity contribution in [3.63, 3.8) is 0 Å². The number of thioether (sulfide) groups is 1. The van der Waals surface area contributed by atoms with Crippen molar-refractivity contribution in [2.75, 3.05) is 14.2 Å². The van der Waals surface area contributed by atoms with Gasteiger partial charge in [-0.2, -0.15) is 4.98 Å². The number of nitrogens with one attached hydrogen (secondary N) is 1. The third-order valence-electron chi connectivity index (χ3n) is 4.29. The van der Waals surface area contributed by atoms with Gasteiger partial charge in [0.15, 0.2) is 0 Å². The molecule has 0 saturated heterocycles. The monoisotopic (exact) mass is 447 g/mol. The van der Waals surface area contributed by atoms with Crippen LogP contribution in [-0.2, 0) is 11.3 Å². The predicted octanol–water partition coefficient (Wildman–Crippen LogP) is 4.59. The minimum Gasteiger partial charge on any atom is -0.497 e. The van der Waals surface area contributed by atoms with Crippen LogP contribution in [0.3, 0.4) is 0 Å². The number of carbonyl (C=O) groups is 1. The fourth-order valence-electron chi connectivity index (χ4n) is 2.70. The summed E-state index contributed by atoms with van der Waals surface area (Å²) >= 11 is 7.40. The van der Waals surface area contributed by atoms with Gasteiger partial charge < -0.3 is 19.3 Å². The molecule has 0 fully saturated rings. The molecule has 1 N–H and O–H groups in total. The summed E-state index contributed by atoms with van der Waals surface area (Å²) in [5, 5.41) is 7.28. The molecule has 0 radical (unpaired) electrons. The maximum absolute atomic E-state index is 12.6. The lowest BCUT2D eigenvalue weighted by Gasteiger charge is -2.13. The van der Waals surface area contributed by atoms with Crippen molar-refractivity contribution in [1.82, 2.24) is 15.5 Å². The van der Waals surface area contributed by atoms with Gasteiger partial charge in [-0.3, -0.25) is 4.79 Å². The molecule has 0 bridgehead atoms. The lowest BCUT2D eigenvalue weighted by Crippen LogP contribution is -2.31. The summed E-state index contributed by atoms with van der Waals surface area (Å²) < 4.78 is 15.9. The first kappa shape index (κ1) is 22.0. The van der Waals surface area contributed by atoms with Crippen LogP contribution in [0.2, 0.25) is 5.02 Å². The largest absolute Gasteiger partial charge is 0.497 e. The van der Waals surface area contributed by atoms with Gasteiger partial charge in [0.25, 0.3) is 0 Å². The van der Waals surface area contributed by atoms with Crippen molar-refractivity contribution < 1.29 is 18.8 Å². The highest BCUT2D eigenvalue weighted by Gasteiger charge is 2.19. The topological polar surface area (TPSA) is 86.5 Å². The van der Waals surface area contributed by atoms with Crippen LogP contribution in [0.15, 0.2) is 51.9 Å². The van der Waals surface area contributed by atoms with Gasteiger partial charge in [-0.1, -0.05) is 23.7 Å². The van der Waals surface area contributed by atoms with Crippen molar-refractivity contribution >= 4 is 29.3 Å². The Morgan fingerprint density at radius 2 is 1.97 bits per heavy atom. The van der Waals surface area contributed by atoms with E-state index in [0.717, 1.165) is 4.90 Å². The normalized spacial score (nSPS) is 11.7. The smallest absolute Gasteiger partial charge is 0.246 e. The number of nitrogens with zero attached hydrogens (tertiary/aromatic N) is 2. The first-order valence-corrected chi connectivity index (χ1v) is 10.5. The van der Waals surface area contributed by atoms with E-state index in [2.05, 4.69) is 15.5 Å². The van der Waals surface area contributed by atoms with Crippen LogP contribution >= 0.6 is 23.4 Å². The Morgan fingerprint density at radius 1 is 1.20 bits per heavy atom. The summed E-state index contributed by atoms with van der Waals surface area (Å²) in [6.45, 7) is 2.11. The van der Waals surface area contributed by atoms with Crippen LogP contribution in [0.25, 0.3) is 11.4 Å². The zero-order valence-electron chi connectivity index (χ0n) is 16.8. The number of hydrogen-bond acceptors (Lipinski definition) is 7. The third-order valence-corrected chi connectivity index (χ3v) is 5.91. The zero-order valence-corrected chi connectivity index (χ0v) is 18.4. The van der Waals surface area contributed by atoms with E-state index in [0.29, 0.717) is 40.2 Å². The number of carbonyl (C=O) groups excluding carboxylic acids is 1. The highest BCUT2D eigenvalue weighted by Crippen LogP contribution is 2.31. The average Bonchev–Trinajstić information content (AvgIpc) is 3.25. The second-order valence-corrected chi connectivity index (χ2v) is 7.98. The summed E-state index contributed by atoms with van der Waals surface area (Å²) in [6.07, 6.45) is 0.678. The summed E-state index contributed by atoms with van der Waals surface area (Å²) in [7, 11) is 3.14. The standard InChI is InChI=1S/C21H22ClN3O4S/c1-4-18(30-15-8-5-13(22)6-9-15)21(26)23-12-19-24-20(25-29-19)16-10-7-14(27-2)11-17(16)28-3/h5-11,18H,4,12H2,1-3H3,(H,23,26)/t18-/m1/s1. The highest BCUT2D eigenvalue weighted by atomic mass is 35.5. The first-order valence-electron chi connectivity index (χ1n) is 9.29. The zero-order chi connectivity index (χ0) is 21.5. The average molecular weight is 448 g/mol. The molecule has 30 heavy (non-hydrogen) atoms. The molecule has 0 aliphatic heterocycles. The van der Waals surface area contributed by atoms with Crippen LogP contribution in [0, 0.1) is 0 Å². The number of hydrogen-bond donors (Lipinski definition) is 1. The van der Waals surface area contributed by atoms with Gasteiger partial charge in [-0.05, 0) is 42.8 Å². The Morgan fingerprint density at radius 3 is 2.63 bits per heavy atom. The molecule has 1 aromatic heterocycles. The molecule has 0 aliphatic rings. The van der Waals surface area contributed by atoms with Gasteiger partial charge in [0.1, 0.15) is 11.5 Å². The molecular weight excluding hydrogens is 426 g/mol. The molecule has 7 nitrogen and oxygen atoms in total. The second-order valence-electron chi connectivity index (χ2n) is 6.26. The molecular formula is C21H22ClN3O4S. The molecule has 1 amide bonds. The maximum atomic E-state index is 12.6. The Balaban J connectivity index is 1.63. The highest BCUT2D eigenvalue weighted by molar-refractivity contribution is 8.00. The number of aromatic nitrogens is 2. The van der Waals surface area contributed by atoms with Crippen molar-refractivity contribution in [2.45, 2.75) is 30.0 Å². The summed E-state index contributed by atoms with van der Waals surface area (Å²) in [6, 6.07) is 12.7. The number of halogens is 1. The van der Waals surface area contributed by atoms with E-state index >= 15 is 0 Å². The van der Waals surface area contributed by atoms with E-state index in [4.69, 9.17) is 25.6 Å². The third kappa shape index (κ3) is 5.46. The Hall–Kier alpha value is -2.71. The lowest BCUT2D eigenvalue weighted by atomic mass is 10.2. The molecule has 0 aliphatic carbocycles. The second kappa shape index (κ2) is 10.4. The van der Waals surface area contributed by atoms with Gasteiger partial charge >= 0.3 is 0 Å². The van der Waals surface area contributed by atoms with E-state index in [1.807, 2.05) is 31.2 Å². The van der Waals surface area contributed by atoms with E-state index in [1.54, 1.807) is 32.4 Å². The molecule has 1 atom stereocenters. The minimum absolute atomic E-state index is 0.0979. The first-order chi connectivity index (χ1) is 14.5. The fraction of sp³-hybridized carbons (Fsp3) is 0.286. The number of methoxy groups -OCH3 is 2. The summed E-state index contributed by atoms with van der Waals surface area (Å²) in [4.78, 5) is 17.9. The molecule has 3 aromatic rings. The fourth-order valence-corrected chi connectivity index (χ4v) is 3.80. The summed E-state index contributed by atoms with van der Waals surface area (Å²) in [5.74, 6) is 1.81. The molecule has 9 heteroatoms. The van der Waals surface area contributed by atoms with E-state index in [-0.39, 0.29) is 17.7 Å². The Labute approximate surface area is 184 Å². The molecule has 0 unspecified atom stereocenters. The van der Waals surface area contributed by atoms with Crippen LogP contribution in [0.4, 0.5) is 0 Å². The van der Waals surface area contributed by atoms with Gasteiger partial charge in [0, 0.05) is 16.0 Å². The van der Waals surface area contributed by atoms with Crippen LogP contribution in [0.1, 0.15) is 19.2 Å². The van der Waals surface area contributed by atoms with Crippen molar-refractivity contribution in [2.24, 2.45) is 0 Å². The Bertz CT molecular complexity index is 994. The molecule has 158 valence electrons. The number of rotatable bonds is 9. The molecule has 0 saturated carbocycles. The molecule has 1 heterocycles. The van der Waals surface area contributed by atoms with Crippen molar-refractivity contribution in [3.05, 3.63) is 53.4 Å². The quantitative estimate of drug-likeness (QED) is 0.480. The Kier molecular flexibility index (Phi) is 7.59. The predicted molar refractivity (Wildman–Crippen MR) is 116 cm³/mol. The number of ether oxygens (including phenoxy) is 2. The van der Waals surface area contributed by atoms with Crippen LogP contribution in [-0.4, -0.2) is 35.5 Å². The molecule has 2 aromatic carbocycles. The van der Waals surface area contributed by atoms with Gasteiger partial charge in [-0.15, -0.1) is 11.8 Å². The maximum Gasteiger partial charge on any atom is 0.246 e. The van der Waals surface area contributed by atoms with Crippen LogP contribution in [0.5, 0.6) is 11.5 Å². The van der Waals surface area contributed by atoms with Gasteiger partial charge in [0.2, 0.25) is 17.6 Å². The van der Waals surface area contributed by atoms with Gasteiger partial charge in [0.05, 0.1) is 31.6 Å². The van der Waals surface area contributed by atoms with Crippen molar-refractivity contribution in [1.29, 1.82) is 0 Å². The van der Waals surface area contributed by atoms with Gasteiger partial charge in [-0.25, -0.2) is 0 Å². The van der Waals surface area contributed by atoms with Crippen LogP contribution < -0.4 is 14.8 Å². The SMILES string of the molecule is CC[C@@H](Sc1ccc(Cl)cc1)C(=O)NCc1nc(-c2ccc(OC)cc2OC)no1. The van der Waals surface area contributed by atoms with Crippen molar-refractivity contribution in [3.8, 4) is 22.9 Å². The lowest BCUT2D eigenvalue weighted by molar-refractivity contribution is -0.120. The molecule has 3 rings (SSSR count). The van der Waals surface area contributed by atoms with E-state index in [9.17, 15) is 4.79 Å². The van der Waals surface area contributed by atoms with E-state index < -0.39 is 0 Å². The number of benzene rings is 2. The van der Waals surface area contributed by atoms with E-state index in [1.165, 1.54) is 11.8 Å². The number of amides is 1. The molecule has 0 spiro atoms.